The lowest BCUT2D eigenvalue weighted by molar-refractivity contribution is -0.113. The zero-order chi connectivity index (χ0) is 18.5. The third-order valence-corrected chi connectivity index (χ3v) is 5.76. The molecule has 3 aromatic rings. The number of halogens is 1. The van der Waals surface area contributed by atoms with E-state index in [1.54, 1.807) is 7.11 Å². The van der Waals surface area contributed by atoms with Crippen LogP contribution in [-0.4, -0.2) is 34.9 Å². The predicted octanol–water partition coefficient (Wildman–Crippen LogP) is 4.48. The van der Waals surface area contributed by atoms with E-state index >= 15 is 0 Å². The number of fused-ring (bicyclic) bond motifs is 1. The van der Waals surface area contributed by atoms with Crippen molar-refractivity contribution < 1.29 is 9.53 Å². The van der Waals surface area contributed by atoms with E-state index in [0.29, 0.717) is 18.9 Å². The number of nitrogens with zero attached hydrogens (tertiary/aromatic N) is 2. The Balaban J connectivity index is 1.70. The van der Waals surface area contributed by atoms with Crippen molar-refractivity contribution in [2.24, 2.45) is 0 Å². The van der Waals surface area contributed by atoms with Crippen molar-refractivity contribution >= 4 is 50.3 Å². The quantitative estimate of drug-likeness (QED) is 0.557. The Morgan fingerprint density at radius 2 is 2.12 bits per heavy atom. The van der Waals surface area contributed by atoms with Crippen LogP contribution in [-0.2, 0) is 16.1 Å². The second-order valence-corrected chi connectivity index (χ2v) is 7.63. The number of amides is 1. The van der Waals surface area contributed by atoms with Crippen LogP contribution in [0.2, 0.25) is 0 Å². The van der Waals surface area contributed by atoms with Gasteiger partial charge in [0.1, 0.15) is 0 Å². The van der Waals surface area contributed by atoms with E-state index in [9.17, 15) is 4.79 Å². The van der Waals surface area contributed by atoms with E-state index in [4.69, 9.17) is 4.74 Å². The second kappa shape index (κ2) is 8.70. The molecule has 1 N–H and O–H groups in total. The summed E-state index contributed by atoms with van der Waals surface area (Å²) in [6.45, 7) is 3.30. The molecule has 0 radical (unpaired) electrons. The van der Waals surface area contributed by atoms with Crippen LogP contribution in [0.15, 0.2) is 52.1 Å². The molecule has 26 heavy (non-hydrogen) atoms. The van der Waals surface area contributed by atoms with Crippen LogP contribution < -0.4 is 5.32 Å². The van der Waals surface area contributed by atoms with Gasteiger partial charge < -0.3 is 14.6 Å². The number of aromatic nitrogens is 2. The van der Waals surface area contributed by atoms with E-state index in [1.807, 2.05) is 49.4 Å². The largest absolute Gasteiger partial charge is 0.383 e. The number of ether oxygens (including phenoxy) is 1. The van der Waals surface area contributed by atoms with E-state index < -0.39 is 0 Å². The average molecular weight is 434 g/mol. The Labute approximate surface area is 165 Å². The maximum atomic E-state index is 12.3. The van der Waals surface area contributed by atoms with Crippen LogP contribution in [0.3, 0.4) is 0 Å². The molecule has 0 atom stereocenters. The Hall–Kier alpha value is -1.83. The molecule has 0 saturated carbocycles. The molecule has 5 nitrogen and oxygen atoms in total. The number of hydrogen-bond donors (Lipinski definition) is 1. The minimum Gasteiger partial charge on any atom is -0.383 e. The highest BCUT2D eigenvalue weighted by Crippen LogP contribution is 2.25. The van der Waals surface area contributed by atoms with Crippen molar-refractivity contribution in [1.82, 2.24) is 9.55 Å². The summed E-state index contributed by atoms with van der Waals surface area (Å²) in [7, 11) is 1.68. The third kappa shape index (κ3) is 4.47. The number of anilines is 1. The molecule has 7 heteroatoms. The van der Waals surface area contributed by atoms with Gasteiger partial charge in [0, 0.05) is 23.8 Å². The smallest absolute Gasteiger partial charge is 0.234 e. The summed E-state index contributed by atoms with van der Waals surface area (Å²) in [5.74, 6) is 0.234. The Morgan fingerprint density at radius 1 is 1.31 bits per heavy atom. The van der Waals surface area contributed by atoms with Crippen LogP contribution >= 0.6 is 27.7 Å². The van der Waals surface area contributed by atoms with Crippen LogP contribution in [0.4, 0.5) is 5.69 Å². The number of benzene rings is 2. The molecule has 0 bridgehead atoms. The topological polar surface area (TPSA) is 56.1 Å². The summed E-state index contributed by atoms with van der Waals surface area (Å²) >= 11 is 4.91. The number of nitrogens with one attached hydrogen (secondary N) is 1. The van der Waals surface area contributed by atoms with E-state index in [1.165, 1.54) is 11.8 Å². The Kier molecular flexibility index (Phi) is 6.34. The van der Waals surface area contributed by atoms with Gasteiger partial charge in [-0.1, -0.05) is 45.9 Å². The summed E-state index contributed by atoms with van der Waals surface area (Å²) in [6.07, 6.45) is 0. The first-order valence-corrected chi connectivity index (χ1v) is 9.99. The molecule has 1 aromatic heterocycles. The number of hydrogen-bond acceptors (Lipinski definition) is 4. The average Bonchev–Trinajstić information content (AvgIpc) is 2.99. The highest BCUT2D eigenvalue weighted by atomic mass is 79.9. The van der Waals surface area contributed by atoms with Gasteiger partial charge in [0.15, 0.2) is 5.16 Å². The molecule has 0 fully saturated rings. The van der Waals surface area contributed by atoms with Gasteiger partial charge in [-0.25, -0.2) is 4.98 Å². The molecule has 0 aliphatic carbocycles. The van der Waals surface area contributed by atoms with Gasteiger partial charge in [-0.05, 0) is 36.8 Å². The molecule has 0 aliphatic heterocycles. The lowest BCUT2D eigenvalue weighted by Gasteiger charge is -2.09. The fraction of sp³-hybridized carbons (Fsp3) is 0.263. The van der Waals surface area contributed by atoms with Crippen LogP contribution in [0.5, 0.6) is 0 Å². The van der Waals surface area contributed by atoms with Gasteiger partial charge in [0.25, 0.3) is 0 Å². The summed E-state index contributed by atoms with van der Waals surface area (Å²) in [4.78, 5) is 17.0. The highest BCUT2D eigenvalue weighted by Gasteiger charge is 2.13. The van der Waals surface area contributed by atoms with Crippen LogP contribution in [0, 0.1) is 6.92 Å². The van der Waals surface area contributed by atoms with Crippen molar-refractivity contribution in [3.05, 3.63) is 52.5 Å². The molecular formula is C19H20BrN3O2S. The molecule has 1 heterocycles. The number of methoxy groups -OCH3 is 1. The number of para-hydroxylation sites is 2. The number of carbonyl (C=O) groups excluding carboxylic acids is 1. The first-order chi connectivity index (χ1) is 12.6. The molecule has 0 saturated heterocycles. The van der Waals surface area contributed by atoms with Gasteiger partial charge in [-0.15, -0.1) is 0 Å². The van der Waals surface area contributed by atoms with E-state index in [0.717, 1.165) is 31.9 Å². The van der Waals surface area contributed by atoms with Gasteiger partial charge in [0.2, 0.25) is 5.91 Å². The molecule has 0 spiro atoms. The number of thioether (sulfide) groups is 1. The van der Waals surface area contributed by atoms with Gasteiger partial charge in [-0.2, -0.15) is 0 Å². The summed E-state index contributed by atoms with van der Waals surface area (Å²) in [6, 6.07) is 13.7. The number of carbonyl (C=O) groups is 1. The minimum atomic E-state index is -0.0592. The lowest BCUT2D eigenvalue weighted by Crippen LogP contribution is -2.15. The second-order valence-electron chi connectivity index (χ2n) is 5.83. The normalized spacial score (nSPS) is 11.0. The lowest BCUT2D eigenvalue weighted by atomic mass is 10.2. The molecule has 3 rings (SSSR count). The first-order valence-electron chi connectivity index (χ1n) is 8.21. The summed E-state index contributed by atoms with van der Waals surface area (Å²) < 4.78 is 8.28. The van der Waals surface area contributed by atoms with Gasteiger partial charge in [-0.3, -0.25) is 4.79 Å². The van der Waals surface area contributed by atoms with Gasteiger partial charge >= 0.3 is 0 Å². The SMILES string of the molecule is COCCn1c(SCC(=O)Nc2ccc(C)c(Br)c2)nc2ccccc21. The van der Waals surface area contributed by atoms with Crippen molar-refractivity contribution in [3.63, 3.8) is 0 Å². The zero-order valence-electron chi connectivity index (χ0n) is 14.7. The summed E-state index contributed by atoms with van der Waals surface area (Å²) in [5.41, 5.74) is 3.88. The Morgan fingerprint density at radius 3 is 2.88 bits per heavy atom. The van der Waals surface area contributed by atoms with Crippen LogP contribution in [0.25, 0.3) is 11.0 Å². The van der Waals surface area contributed by atoms with Crippen molar-refractivity contribution in [2.45, 2.75) is 18.6 Å². The molecular weight excluding hydrogens is 414 g/mol. The molecule has 0 aliphatic rings. The van der Waals surface area contributed by atoms with Crippen LogP contribution in [0.1, 0.15) is 5.56 Å². The predicted molar refractivity (Wildman–Crippen MR) is 110 cm³/mol. The van der Waals surface area contributed by atoms with Crippen molar-refractivity contribution in [2.75, 3.05) is 24.8 Å². The number of aryl methyl sites for hydroxylation is 1. The molecule has 1 amide bonds. The molecule has 0 unspecified atom stereocenters. The van der Waals surface area contributed by atoms with E-state index in [2.05, 4.69) is 30.8 Å². The number of rotatable bonds is 7. The molecule has 136 valence electrons. The standard InChI is InChI=1S/C19H20BrN3O2S/c1-13-7-8-14(11-15(13)20)21-18(24)12-26-19-22-16-5-3-4-6-17(16)23(19)9-10-25-2/h3-8,11H,9-10,12H2,1-2H3,(H,21,24). The third-order valence-electron chi connectivity index (χ3n) is 3.93. The summed E-state index contributed by atoms with van der Waals surface area (Å²) in [5, 5.41) is 3.75. The maximum Gasteiger partial charge on any atom is 0.234 e. The number of imidazole rings is 1. The fourth-order valence-corrected chi connectivity index (χ4v) is 3.78. The highest BCUT2D eigenvalue weighted by molar-refractivity contribution is 9.10. The van der Waals surface area contributed by atoms with E-state index in [-0.39, 0.29) is 5.91 Å². The van der Waals surface area contributed by atoms with Crippen molar-refractivity contribution in [3.8, 4) is 0 Å². The molecule has 2 aromatic carbocycles. The van der Waals surface area contributed by atoms with Gasteiger partial charge in [0.05, 0.1) is 23.4 Å². The maximum absolute atomic E-state index is 12.3. The zero-order valence-corrected chi connectivity index (χ0v) is 17.1. The minimum absolute atomic E-state index is 0.0592. The monoisotopic (exact) mass is 433 g/mol. The first kappa shape index (κ1) is 18.9. The Bertz CT molecular complexity index is 926. The van der Waals surface area contributed by atoms with Crippen molar-refractivity contribution in [1.29, 1.82) is 0 Å². The fourth-order valence-electron chi connectivity index (χ4n) is 2.56.